The number of imidazole rings is 1. The third-order valence-electron chi connectivity index (χ3n) is 4.29. The zero-order valence-corrected chi connectivity index (χ0v) is 11.2. The first kappa shape index (κ1) is 11.9. The molecule has 2 aromatic rings. The zero-order valence-electron chi connectivity index (χ0n) is 11.2. The van der Waals surface area contributed by atoms with Gasteiger partial charge in [0.2, 0.25) is 0 Å². The molecule has 0 radical (unpaired) electrons. The van der Waals surface area contributed by atoms with E-state index in [-0.39, 0.29) is 5.82 Å². The van der Waals surface area contributed by atoms with Gasteiger partial charge in [0.05, 0.1) is 17.7 Å². The first-order valence-electron chi connectivity index (χ1n) is 7.07. The van der Waals surface area contributed by atoms with Gasteiger partial charge < -0.3 is 15.2 Å². The second-order valence-electron chi connectivity index (χ2n) is 5.58. The van der Waals surface area contributed by atoms with Crippen LogP contribution in [0.5, 0.6) is 0 Å². The minimum absolute atomic E-state index is 0.151. The molecular weight excluding hydrogens is 255 g/mol. The number of hydrogen-bond acceptors (Lipinski definition) is 3. The van der Waals surface area contributed by atoms with E-state index in [1.54, 1.807) is 18.5 Å². The smallest absolute Gasteiger partial charge is 0.125 e. The SMILES string of the molecule is Fc1ccc2c(c1)N(CC1Cc3nc[nH]c3CN1)CC2. The summed E-state index contributed by atoms with van der Waals surface area (Å²) in [5.41, 5.74) is 4.66. The fraction of sp³-hybridized carbons (Fsp3) is 0.400. The summed E-state index contributed by atoms with van der Waals surface area (Å²) in [6.07, 6.45) is 3.70. The van der Waals surface area contributed by atoms with E-state index in [1.807, 2.05) is 6.07 Å². The molecule has 0 spiro atoms. The highest BCUT2D eigenvalue weighted by Crippen LogP contribution is 2.29. The number of aromatic amines is 1. The number of rotatable bonds is 2. The zero-order chi connectivity index (χ0) is 13.5. The molecule has 2 N–H and O–H groups in total. The molecule has 4 rings (SSSR count). The van der Waals surface area contributed by atoms with Gasteiger partial charge in [0.25, 0.3) is 0 Å². The molecule has 3 heterocycles. The Balaban J connectivity index is 1.51. The first-order valence-corrected chi connectivity index (χ1v) is 7.07. The highest BCUT2D eigenvalue weighted by Gasteiger charge is 2.25. The summed E-state index contributed by atoms with van der Waals surface area (Å²) < 4.78 is 13.4. The van der Waals surface area contributed by atoms with Crippen LogP contribution in [0.4, 0.5) is 10.1 Å². The van der Waals surface area contributed by atoms with Gasteiger partial charge in [-0.25, -0.2) is 9.37 Å². The number of halogens is 1. The minimum Gasteiger partial charge on any atom is -0.369 e. The summed E-state index contributed by atoms with van der Waals surface area (Å²) in [7, 11) is 0. The highest BCUT2D eigenvalue weighted by atomic mass is 19.1. The van der Waals surface area contributed by atoms with Gasteiger partial charge in [-0.05, 0) is 24.1 Å². The van der Waals surface area contributed by atoms with Crippen LogP contribution in [0.1, 0.15) is 17.0 Å². The van der Waals surface area contributed by atoms with E-state index in [2.05, 4.69) is 20.2 Å². The van der Waals surface area contributed by atoms with Crippen molar-refractivity contribution >= 4 is 5.69 Å². The fourth-order valence-electron chi connectivity index (χ4n) is 3.23. The average molecular weight is 272 g/mol. The van der Waals surface area contributed by atoms with Crippen LogP contribution in [0.3, 0.4) is 0 Å². The Bertz CT molecular complexity index is 637. The molecule has 1 aromatic heterocycles. The maximum absolute atomic E-state index is 13.4. The number of anilines is 1. The maximum Gasteiger partial charge on any atom is 0.125 e. The van der Waals surface area contributed by atoms with Crippen LogP contribution < -0.4 is 10.2 Å². The maximum atomic E-state index is 13.4. The lowest BCUT2D eigenvalue weighted by Crippen LogP contribution is -2.44. The van der Waals surface area contributed by atoms with Gasteiger partial charge in [0, 0.05) is 37.8 Å². The van der Waals surface area contributed by atoms with Crippen molar-refractivity contribution in [2.45, 2.75) is 25.4 Å². The summed E-state index contributed by atoms with van der Waals surface area (Å²) in [5.74, 6) is -0.151. The number of nitrogens with zero attached hydrogens (tertiary/aromatic N) is 2. The van der Waals surface area contributed by atoms with Crippen LogP contribution in [0.2, 0.25) is 0 Å². The Kier molecular flexibility index (Phi) is 2.73. The normalized spacial score (nSPS) is 20.9. The minimum atomic E-state index is -0.151. The van der Waals surface area contributed by atoms with Crippen LogP contribution in [0.25, 0.3) is 0 Å². The van der Waals surface area contributed by atoms with Crippen molar-refractivity contribution in [3.05, 3.63) is 47.3 Å². The van der Waals surface area contributed by atoms with Gasteiger partial charge in [-0.1, -0.05) is 6.07 Å². The van der Waals surface area contributed by atoms with Crippen molar-refractivity contribution < 1.29 is 4.39 Å². The lowest BCUT2D eigenvalue weighted by molar-refractivity contribution is 0.467. The summed E-state index contributed by atoms with van der Waals surface area (Å²) in [6, 6.07) is 5.49. The molecule has 1 aromatic carbocycles. The topological polar surface area (TPSA) is 44.0 Å². The molecule has 0 amide bonds. The van der Waals surface area contributed by atoms with Gasteiger partial charge >= 0.3 is 0 Å². The largest absolute Gasteiger partial charge is 0.369 e. The third-order valence-corrected chi connectivity index (χ3v) is 4.29. The number of fused-ring (bicyclic) bond motifs is 2. The molecule has 0 saturated carbocycles. The Morgan fingerprint density at radius 3 is 3.30 bits per heavy atom. The van der Waals surface area contributed by atoms with Crippen LogP contribution >= 0.6 is 0 Å². The highest BCUT2D eigenvalue weighted by molar-refractivity contribution is 5.58. The second kappa shape index (κ2) is 4.59. The first-order chi connectivity index (χ1) is 9.79. The van der Waals surface area contributed by atoms with E-state index >= 15 is 0 Å². The van der Waals surface area contributed by atoms with Crippen molar-refractivity contribution in [1.29, 1.82) is 0 Å². The third kappa shape index (κ3) is 1.98. The average Bonchev–Trinajstić information content (AvgIpc) is 3.05. The molecule has 2 aliphatic heterocycles. The van der Waals surface area contributed by atoms with Crippen molar-refractivity contribution in [2.75, 3.05) is 18.0 Å². The second-order valence-corrected chi connectivity index (χ2v) is 5.58. The summed E-state index contributed by atoms with van der Waals surface area (Å²) in [5, 5.41) is 3.53. The Labute approximate surface area is 117 Å². The summed E-state index contributed by atoms with van der Waals surface area (Å²) >= 11 is 0. The van der Waals surface area contributed by atoms with Gasteiger partial charge in [-0.15, -0.1) is 0 Å². The number of hydrogen-bond donors (Lipinski definition) is 2. The molecule has 5 heteroatoms. The molecule has 0 aliphatic carbocycles. The molecule has 2 aliphatic rings. The molecule has 20 heavy (non-hydrogen) atoms. The van der Waals surface area contributed by atoms with Gasteiger partial charge in [-0.3, -0.25) is 0 Å². The van der Waals surface area contributed by atoms with Gasteiger partial charge in [0.15, 0.2) is 0 Å². The molecule has 104 valence electrons. The van der Waals surface area contributed by atoms with Crippen LogP contribution in [0, 0.1) is 5.82 Å². The molecule has 0 fully saturated rings. The molecule has 0 saturated heterocycles. The van der Waals surface area contributed by atoms with Gasteiger partial charge in [-0.2, -0.15) is 0 Å². The number of H-pyrrole nitrogens is 1. The predicted molar refractivity (Wildman–Crippen MR) is 75.2 cm³/mol. The van der Waals surface area contributed by atoms with Crippen molar-refractivity contribution in [3.8, 4) is 0 Å². The Morgan fingerprint density at radius 2 is 2.35 bits per heavy atom. The number of benzene rings is 1. The monoisotopic (exact) mass is 272 g/mol. The molecule has 1 atom stereocenters. The molecule has 0 bridgehead atoms. The lowest BCUT2D eigenvalue weighted by Gasteiger charge is -2.29. The van der Waals surface area contributed by atoms with E-state index in [0.29, 0.717) is 6.04 Å². The van der Waals surface area contributed by atoms with E-state index in [9.17, 15) is 4.39 Å². The Hall–Kier alpha value is -1.88. The van der Waals surface area contributed by atoms with Crippen molar-refractivity contribution in [3.63, 3.8) is 0 Å². The lowest BCUT2D eigenvalue weighted by atomic mass is 10.0. The Morgan fingerprint density at radius 1 is 1.40 bits per heavy atom. The fourth-order valence-corrected chi connectivity index (χ4v) is 3.23. The number of aromatic nitrogens is 2. The van der Waals surface area contributed by atoms with E-state index in [4.69, 9.17) is 0 Å². The quantitative estimate of drug-likeness (QED) is 0.873. The predicted octanol–water partition coefficient (Wildman–Crippen LogP) is 1.63. The summed E-state index contributed by atoms with van der Waals surface area (Å²) in [6.45, 7) is 2.72. The van der Waals surface area contributed by atoms with E-state index in [0.717, 1.165) is 43.9 Å². The molecule has 1 unspecified atom stereocenters. The standard InChI is InChI=1S/C15H17FN4/c16-11-2-1-10-3-4-20(15(10)5-11)8-12-6-13-14(7-17-12)19-9-18-13/h1-2,5,9,12,17H,3-4,6-8H2,(H,18,19). The van der Waals surface area contributed by atoms with Crippen LogP contribution in [-0.4, -0.2) is 29.1 Å². The molecular formula is C15H17FN4. The summed E-state index contributed by atoms with van der Waals surface area (Å²) in [4.78, 5) is 9.81. The van der Waals surface area contributed by atoms with Crippen molar-refractivity contribution in [2.24, 2.45) is 0 Å². The van der Waals surface area contributed by atoms with Crippen LogP contribution in [0.15, 0.2) is 24.5 Å². The van der Waals surface area contributed by atoms with Crippen molar-refractivity contribution in [1.82, 2.24) is 15.3 Å². The van der Waals surface area contributed by atoms with Crippen LogP contribution in [-0.2, 0) is 19.4 Å². The number of nitrogens with one attached hydrogen (secondary N) is 2. The van der Waals surface area contributed by atoms with Gasteiger partial charge in [0.1, 0.15) is 5.82 Å². The molecule has 4 nitrogen and oxygen atoms in total. The van der Waals surface area contributed by atoms with E-state index in [1.165, 1.54) is 11.3 Å². The van der Waals surface area contributed by atoms with E-state index < -0.39 is 0 Å².